The third kappa shape index (κ3) is 3.55. The van der Waals surface area contributed by atoms with Crippen molar-refractivity contribution < 1.29 is 9.53 Å². The van der Waals surface area contributed by atoms with Crippen LogP contribution in [0.1, 0.15) is 36.5 Å². The molecule has 1 aromatic carbocycles. The van der Waals surface area contributed by atoms with Gasteiger partial charge in [0.15, 0.2) is 0 Å². The van der Waals surface area contributed by atoms with Gasteiger partial charge in [0.1, 0.15) is 11.0 Å². The van der Waals surface area contributed by atoms with Crippen LogP contribution in [0.5, 0.6) is 0 Å². The van der Waals surface area contributed by atoms with E-state index >= 15 is 0 Å². The number of methoxy groups -OCH3 is 1. The maximum atomic E-state index is 12.1. The minimum Gasteiger partial charge on any atom is -0.453 e. The number of amides is 1. The summed E-state index contributed by atoms with van der Waals surface area (Å²) in [5, 5.41) is 2.38. The van der Waals surface area contributed by atoms with Crippen molar-refractivity contribution in [1.82, 2.24) is 15.0 Å². The highest BCUT2D eigenvalue weighted by Crippen LogP contribution is 2.20. The van der Waals surface area contributed by atoms with E-state index in [9.17, 15) is 9.59 Å². The first-order valence-electron chi connectivity index (χ1n) is 8.02. The van der Waals surface area contributed by atoms with Crippen LogP contribution in [0.4, 0.5) is 10.7 Å². The Morgan fingerprint density at radius 2 is 2.00 bits per heavy atom. The van der Waals surface area contributed by atoms with Gasteiger partial charge in [-0.3, -0.25) is 15.1 Å². The summed E-state index contributed by atoms with van der Waals surface area (Å²) in [6.07, 6.45) is 1.71. The number of H-pyrrole nitrogens is 2. The van der Waals surface area contributed by atoms with Crippen molar-refractivity contribution >= 4 is 23.1 Å². The van der Waals surface area contributed by atoms with Gasteiger partial charge in [0.25, 0.3) is 5.56 Å². The zero-order valence-corrected chi connectivity index (χ0v) is 14.3. The molecule has 0 aliphatic carbocycles. The highest BCUT2D eigenvalue weighted by molar-refractivity contribution is 5.85. The summed E-state index contributed by atoms with van der Waals surface area (Å²) in [5.41, 5.74) is 3.84. The predicted octanol–water partition coefficient (Wildman–Crippen LogP) is 3.14. The lowest BCUT2D eigenvalue weighted by molar-refractivity contribution is 0.186. The average molecular weight is 340 g/mol. The van der Waals surface area contributed by atoms with Gasteiger partial charge in [-0.1, -0.05) is 38.1 Å². The summed E-state index contributed by atoms with van der Waals surface area (Å²) >= 11 is 0. The number of benzene rings is 1. The maximum absolute atomic E-state index is 12.1. The molecular weight excluding hydrogens is 320 g/mol. The molecule has 0 unspecified atom stereocenters. The molecule has 0 atom stereocenters. The lowest BCUT2D eigenvalue weighted by Crippen LogP contribution is -2.18. The predicted molar refractivity (Wildman–Crippen MR) is 96.1 cm³/mol. The number of carbonyl (C=O) groups is 1. The van der Waals surface area contributed by atoms with Crippen LogP contribution in [-0.2, 0) is 11.2 Å². The lowest BCUT2D eigenvalue weighted by Gasteiger charge is -2.07. The summed E-state index contributed by atoms with van der Waals surface area (Å²) in [6, 6.07) is 8.38. The van der Waals surface area contributed by atoms with Gasteiger partial charge in [-0.15, -0.1) is 0 Å². The van der Waals surface area contributed by atoms with E-state index in [2.05, 4.69) is 63.1 Å². The number of nitrogens with one attached hydrogen (secondary N) is 3. The fraction of sp³-hybridized carbons (Fsp3) is 0.278. The molecule has 0 fully saturated rings. The van der Waals surface area contributed by atoms with E-state index in [-0.39, 0.29) is 11.5 Å². The molecule has 0 spiro atoms. The van der Waals surface area contributed by atoms with E-state index in [1.807, 2.05) is 0 Å². The Balaban J connectivity index is 1.93. The Hall–Kier alpha value is -3.09. The van der Waals surface area contributed by atoms with E-state index in [0.29, 0.717) is 23.4 Å². The van der Waals surface area contributed by atoms with Crippen LogP contribution in [0, 0.1) is 0 Å². The standard InChI is InChI=1S/C18H20N4O3/c1-10(2)12-6-4-11(5-7-12)8-13-9-19-15-14(13)20-17(21-16(15)23)22-18(24)25-3/h4-7,9-10,19H,8H2,1-3H3,(H2,20,21,22,23,24). The second-order valence-electron chi connectivity index (χ2n) is 6.14. The van der Waals surface area contributed by atoms with Crippen molar-refractivity contribution in [3.63, 3.8) is 0 Å². The molecule has 130 valence electrons. The number of ether oxygens (including phenoxy) is 1. The van der Waals surface area contributed by atoms with Crippen molar-refractivity contribution in [2.24, 2.45) is 0 Å². The highest BCUT2D eigenvalue weighted by Gasteiger charge is 2.13. The molecule has 2 heterocycles. The van der Waals surface area contributed by atoms with Crippen LogP contribution in [-0.4, -0.2) is 28.2 Å². The van der Waals surface area contributed by atoms with Crippen molar-refractivity contribution in [1.29, 1.82) is 0 Å². The molecule has 7 nitrogen and oxygen atoms in total. The summed E-state index contributed by atoms with van der Waals surface area (Å²) < 4.78 is 4.52. The molecule has 3 N–H and O–H groups in total. The number of aromatic amines is 2. The molecule has 0 bridgehead atoms. The first-order valence-corrected chi connectivity index (χ1v) is 8.02. The van der Waals surface area contributed by atoms with Crippen LogP contribution in [0.3, 0.4) is 0 Å². The van der Waals surface area contributed by atoms with Crippen molar-refractivity contribution in [2.45, 2.75) is 26.2 Å². The van der Waals surface area contributed by atoms with Crippen LogP contribution >= 0.6 is 0 Å². The molecule has 0 saturated heterocycles. The van der Waals surface area contributed by atoms with Crippen LogP contribution in [0.15, 0.2) is 35.3 Å². The first kappa shape index (κ1) is 16.8. The zero-order chi connectivity index (χ0) is 18.0. The van der Waals surface area contributed by atoms with E-state index in [1.165, 1.54) is 12.7 Å². The van der Waals surface area contributed by atoms with Crippen molar-refractivity contribution in [3.8, 4) is 0 Å². The molecule has 1 amide bonds. The summed E-state index contributed by atoms with van der Waals surface area (Å²) in [5.74, 6) is 0.537. The quantitative estimate of drug-likeness (QED) is 0.679. The molecule has 2 aromatic heterocycles. The number of aromatic nitrogens is 3. The number of hydrogen-bond donors (Lipinski definition) is 3. The molecular formula is C18H20N4O3. The van der Waals surface area contributed by atoms with Gasteiger partial charge in [0.05, 0.1) is 7.11 Å². The number of anilines is 1. The number of rotatable bonds is 4. The average Bonchev–Trinajstić information content (AvgIpc) is 2.98. The Kier molecular flexibility index (Phi) is 4.56. The first-order chi connectivity index (χ1) is 12.0. The minimum absolute atomic E-state index is 0.0559. The van der Waals surface area contributed by atoms with Crippen LogP contribution in [0.2, 0.25) is 0 Å². The molecule has 3 rings (SSSR count). The van der Waals surface area contributed by atoms with Gasteiger partial charge >= 0.3 is 6.09 Å². The summed E-state index contributed by atoms with van der Waals surface area (Å²) in [7, 11) is 1.24. The molecule has 0 aliphatic rings. The van der Waals surface area contributed by atoms with Crippen LogP contribution < -0.4 is 10.9 Å². The second-order valence-corrected chi connectivity index (χ2v) is 6.14. The van der Waals surface area contributed by atoms with E-state index in [1.54, 1.807) is 6.20 Å². The van der Waals surface area contributed by atoms with Crippen molar-refractivity contribution in [3.05, 3.63) is 57.5 Å². The Morgan fingerprint density at radius 3 is 2.64 bits per heavy atom. The van der Waals surface area contributed by atoms with E-state index in [0.717, 1.165) is 11.1 Å². The molecule has 0 aliphatic heterocycles. The molecule has 7 heteroatoms. The number of carbonyl (C=O) groups excluding carboxylic acids is 1. The molecule has 25 heavy (non-hydrogen) atoms. The maximum Gasteiger partial charge on any atom is 0.413 e. The smallest absolute Gasteiger partial charge is 0.413 e. The number of fused-ring (bicyclic) bond motifs is 1. The van der Waals surface area contributed by atoms with Gasteiger partial charge in [-0.25, -0.2) is 9.78 Å². The zero-order valence-electron chi connectivity index (χ0n) is 14.3. The summed E-state index contributed by atoms with van der Waals surface area (Å²) in [4.78, 5) is 33.2. The number of hydrogen-bond acceptors (Lipinski definition) is 4. The van der Waals surface area contributed by atoms with E-state index < -0.39 is 6.09 Å². The van der Waals surface area contributed by atoms with Gasteiger partial charge in [0, 0.05) is 18.2 Å². The third-order valence-corrected chi connectivity index (χ3v) is 4.06. The van der Waals surface area contributed by atoms with Gasteiger partial charge < -0.3 is 9.72 Å². The van der Waals surface area contributed by atoms with Crippen molar-refractivity contribution in [2.75, 3.05) is 12.4 Å². The summed E-state index contributed by atoms with van der Waals surface area (Å²) in [6.45, 7) is 4.31. The van der Waals surface area contributed by atoms with Crippen LogP contribution in [0.25, 0.3) is 11.0 Å². The highest BCUT2D eigenvalue weighted by atomic mass is 16.5. The van der Waals surface area contributed by atoms with Gasteiger partial charge in [-0.2, -0.15) is 0 Å². The van der Waals surface area contributed by atoms with Gasteiger partial charge in [0.2, 0.25) is 5.95 Å². The topological polar surface area (TPSA) is 99.9 Å². The third-order valence-electron chi connectivity index (χ3n) is 4.06. The normalized spacial score (nSPS) is 11.0. The Morgan fingerprint density at radius 1 is 1.28 bits per heavy atom. The molecule has 3 aromatic rings. The fourth-order valence-electron chi connectivity index (χ4n) is 2.65. The Bertz CT molecular complexity index is 955. The molecule has 0 radical (unpaired) electrons. The second kappa shape index (κ2) is 6.80. The van der Waals surface area contributed by atoms with Gasteiger partial charge in [-0.05, 0) is 17.0 Å². The molecule has 0 saturated carbocycles. The largest absolute Gasteiger partial charge is 0.453 e. The Labute approximate surface area is 144 Å². The van der Waals surface area contributed by atoms with E-state index in [4.69, 9.17) is 0 Å². The number of nitrogens with zero attached hydrogens (tertiary/aromatic N) is 1. The fourth-order valence-corrected chi connectivity index (χ4v) is 2.65. The SMILES string of the molecule is COC(=O)Nc1nc2c(Cc3ccc(C(C)C)cc3)c[nH]c2c(=O)[nH]1. The minimum atomic E-state index is -0.691. The lowest BCUT2D eigenvalue weighted by atomic mass is 9.99. The monoisotopic (exact) mass is 340 g/mol.